The molecule has 12 heavy (non-hydrogen) atoms. The lowest BCUT2D eigenvalue weighted by molar-refractivity contribution is -0.459. The second kappa shape index (κ2) is 7.44. The molecule has 0 amide bonds. The molecule has 0 atom stereocenters. The highest BCUT2D eigenvalue weighted by atomic mass is 35.5. The molecule has 0 aliphatic carbocycles. The van der Waals surface area contributed by atoms with Gasteiger partial charge in [0.05, 0.1) is 5.88 Å². The lowest BCUT2D eigenvalue weighted by Crippen LogP contribution is -3.00. The largest absolute Gasteiger partial charge is 1.00 e. The Labute approximate surface area is 85.9 Å². The third kappa shape index (κ3) is 7.89. The fourth-order valence-electron chi connectivity index (χ4n) is 0.766. The predicted molar refractivity (Wildman–Crippen MR) is 50.7 cm³/mol. The first-order chi connectivity index (χ1) is 5.06. The Kier molecular flexibility index (Phi) is 8.88. The summed E-state index contributed by atoms with van der Waals surface area (Å²) in [6.45, 7) is 0. The van der Waals surface area contributed by atoms with Gasteiger partial charge in [0.25, 0.3) is 0 Å². The van der Waals surface area contributed by atoms with Crippen LogP contribution in [0.5, 0.6) is 0 Å². The molecule has 0 N–H and O–H groups in total. The predicted octanol–water partition coefficient (Wildman–Crippen LogP) is -1.98. The fourth-order valence-corrected chi connectivity index (χ4v) is 0.904. The van der Waals surface area contributed by atoms with E-state index in [-0.39, 0.29) is 12.4 Å². The van der Waals surface area contributed by atoms with Crippen molar-refractivity contribution in [1.82, 2.24) is 4.90 Å². The van der Waals surface area contributed by atoms with Gasteiger partial charge in [-0.25, -0.2) is 4.58 Å². The molecule has 0 radical (unpaired) electrons. The van der Waals surface area contributed by atoms with E-state index in [0.717, 1.165) is 5.57 Å². The summed E-state index contributed by atoms with van der Waals surface area (Å²) in [5, 5.41) is 0. The molecule has 0 saturated heterocycles. The highest BCUT2D eigenvalue weighted by Gasteiger charge is 1.95. The molecule has 0 aromatic rings. The van der Waals surface area contributed by atoms with Crippen molar-refractivity contribution in [3.8, 4) is 0 Å². The van der Waals surface area contributed by atoms with Gasteiger partial charge in [-0.2, -0.15) is 0 Å². The summed E-state index contributed by atoms with van der Waals surface area (Å²) in [4.78, 5) is 1.98. The molecule has 0 spiro atoms. The molecule has 0 aliphatic heterocycles. The quantitative estimate of drug-likeness (QED) is 0.298. The zero-order chi connectivity index (χ0) is 8.85. The Morgan fingerprint density at radius 1 is 1.42 bits per heavy atom. The SMILES string of the molecule is CN(C)C=C(C=[N+](C)C)CCl.[Cl-]. The molecule has 0 aromatic heterocycles. The van der Waals surface area contributed by atoms with E-state index in [2.05, 4.69) is 0 Å². The van der Waals surface area contributed by atoms with Crippen LogP contribution in [0.25, 0.3) is 0 Å². The number of alkyl halides is 1. The third-order valence-corrected chi connectivity index (χ3v) is 1.31. The minimum atomic E-state index is 0. The Hall–Kier alpha value is -0.210. The highest BCUT2D eigenvalue weighted by molar-refractivity contribution is 6.21. The van der Waals surface area contributed by atoms with Crippen LogP contribution in [0.3, 0.4) is 0 Å². The van der Waals surface area contributed by atoms with Gasteiger partial charge in [0.1, 0.15) is 14.1 Å². The van der Waals surface area contributed by atoms with Crippen molar-refractivity contribution in [2.24, 2.45) is 0 Å². The van der Waals surface area contributed by atoms with Crippen LogP contribution in [0.2, 0.25) is 0 Å². The number of rotatable bonds is 3. The fraction of sp³-hybridized carbons (Fsp3) is 0.625. The second-order valence-corrected chi connectivity index (χ2v) is 3.16. The van der Waals surface area contributed by atoms with Crippen LogP contribution in [0, 0.1) is 0 Å². The molecule has 0 unspecified atom stereocenters. The molecule has 0 bridgehead atoms. The smallest absolute Gasteiger partial charge is 0.168 e. The maximum absolute atomic E-state index is 5.70. The van der Waals surface area contributed by atoms with Crippen molar-refractivity contribution >= 4 is 17.8 Å². The number of hydrogen-bond donors (Lipinski definition) is 0. The van der Waals surface area contributed by atoms with Crippen LogP contribution in [0.15, 0.2) is 11.8 Å². The molecule has 4 heteroatoms. The number of allylic oxidation sites excluding steroid dienone is 1. The molecule has 0 rings (SSSR count). The summed E-state index contributed by atoms with van der Waals surface area (Å²) in [6, 6.07) is 0. The van der Waals surface area contributed by atoms with Crippen molar-refractivity contribution in [3.05, 3.63) is 11.8 Å². The first kappa shape index (κ1) is 14.3. The number of halogens is 2. The van der Waals surface area contributed by atoms with Crippen LogP contribution >= 0.6 is 11.6 Å². The highest BCUT2D eigenvalue weighted by Crippen LogP contribution is 1.94. The summed E-state index contributed by atoms with van der Waals surface area (Å²) >= 11 is 5.70. The molecule has 2 nitrogen and oxygen atoms in total. The van der Waals surface area contributed by atoms with Crippen LogP contribution in [-0.4, -0.2) is 49.8 Å². The summed E-state index contributed by atoms with van der Waals surface area (Å²) in [5.41, 5.74) is 1.11. The van der Waals surface area contributed by atoms with Crippen LogP contribution < -0.4 is 12.4 Å². The topological polar surface area (TPSA) is 6.25 Å². The van der Waals surface area contributed by atoms with Gasteiger partial charge in [0.15, 0.2) is 6.21 Å². The lowest BCUT2D eigenvalue weighted by atomic mass is 10.3. The molecule has 72 valence electrons. The van der Waals surface area contributed by atoms with Crippen molar-refractivity contribution in [1.29, 1.82) is 0 Å². The minimum Gasteiger partial charge on any atom is -1.00 e. The average Bonchev–Trinajstić information content (AvgIpc) is 1.84. The zero-order valence-corrected chi connectivity index (χ0v) is 9.52. The molecule has 0 heterocycles. The van der Waals surface area contributed by atoms with Crippen molar-refractivity contribution in [2.45, 2.75) is 0 Å². The number of hydrogen-bond acceptors (Lipinski definition) is 1. The van der Waals surface area contributed by atoms with Gasteiger partial charge in [-0.1, -0.05) is 0 Å². The molecule has 0 aliphatic rings. The Morgan fingerprint density at radius 2 is 1.92 bits per heavy atom. The van der Waals surface area contributed by atoms with E-state index in [1.807, 2.05) is 50.1 Å². The summed E-state index contributed by atoms with van der Waals surface area (Å²) in [6.07, 6.45) is 4.01. The normalized spacial score (nSPS) is 10.2. The van der Waals surface area contributed by atoms with Gasteiger partial charge in [0.2, 0.25) is 0 Å². The van der Waals surface area contributed by atoms with E-state index < -0.39 is 0 Å². The Balaban J connectivity index is 0. The minimum absolute atomic E-state index is 0. The van der Waals surface area contributed by atoms with Crippen LogP contribution in [0.4, 0.5) is 0 Å². The van der Waals surface area contributed by atoms with E-state index in [9.17, 15) is 0 Å². The monoisotopic (exact) mass is 210 g/mol. The van der Waals surface area contributed by atoms with Gasteiger partial charge < -0.3 is 17.3 Å². The molecule has 0 aromatic carbocycles. The van der Waals surface area contributed by atoms with Crippen molar-refractivity contribution in [2.75, 3.05) is 34.1 Å². The standard InChI is InChI=1S/C8H16ClN2.ClH/c1-10(2)6-8(5-9)7-11(3)4;/h6-7H,5H2,1-4H3;1H/q+1;/p-1. The molecular formula is C8H16Cl2N2. The first-order valence-corrected chi connectivity index (χ1v) is 4.04. The van der Waals surface area contributed by atoms with Crippen LogP contribution in [-0.2, 0) is 0 Å². The maximum atomic E-state index is 5.70. The number of nitrogens with zero attached hydrogens (tertiary/aromatic N) is 2. The Morgan fingerprint density at radius 3 is 2.17 bits per heavy atom. The van der Waals surface area contributed by atoms with Gasteiger partial charge in [-0.3, -0.25) is 0 Å². The van der Waals surface area contributed by atoms with Gasteiger partial charge >= 0.3 is 0 Å². The molecule has 0 fully saturated rings. The van der Waals surface area contributed by atoms with Gasteiger partial charge in [0, 0.05) is 25.9 Å². The van der Waals surface area contributed by atoms with E-state index in [1.165, 1.54) is 0 Å². The van der Waals surface area contributed by atoms with Crippen LogP contribution in [0.1, 0.15) is 0 Å². The van der Waals surface area contributed by atoms with Gasteiger partial charge in [-0.05, 0) is 0 Å². The first-order valence-electron chi connectivity index (χ1n) is 3.50. The maximum Gasteiger partial charge on any atom is 0.168 e. The van der Waals surface area contributed by atoms with E-state index in [1.54, 1.807) is 0 Å². The zero-order valence-electron chi connectivity index (χ0n) is 8.01. The molecular weight excluding hydrogens is 195 g/mol. The van der Waals surface area contributed by atoms with Crippen molar-refractivity contribution in [3.63, 3.8) is 0 Å². The summed E-state index contributed by atoms with van der Waals surface area (Å²) < 4.78 is 1.98. The lowest BCUT2D eigenvalue weighted by Gasteiger charge is -2.04. The third-order valence-electron chi connectivity index (χ3n) is 1.00. The second-order valence-electron chi connectivity index (χ2n) is 2.89. The summed E-state index contributed by atoms with van der Waals surface area (Å²) in [5.74, 6) is 0.552. The van der Waals surface area contributed by atoms with Crippen molar-refractivity contribution < 1.29 is 17.0 Å². The van der Waals surface area contributed by atoms with Gasteiger partial charge in [-0.15, -0.1) is 11.6 Å². The van der Waals surface area contributed by atoms with E-state index in [0.29, 0.717) is 5.88 Å². The average molecular weight is 211 g/mol. The Bertz CT molecular complexity index is 170. The van der Waals surface area contributed by atoms with E-state index >= 15 is 0 Å². The summed E-state index contributed by atoms with van der Waals surface area (Å²) in [7, 11) is 7.93. The molecule has 0 saturated carbocycles. The van der Waals surface area contributed by atoms with E-state index in [4.69, 9.17) is 11.6 Å².